The molecule has 1 saturated carbocycles. The third-order valence-electron chi connectivity index (χ3n) is 4.48. The number of amidine groups is 1. The van der Waals surface area contributed by atoms with E-state index in [1.54, 1.807) is 0 Å². The van der Waals surface area contributed by atoms with Gasteiger partial charge in [0, 0.05) is 23.4 Å². The molecule has 1 heterocycles. The fourth-order valence-electron chi connectivity index (χ4n) is 3.45. The van der Waals surface area contributed by atoms with Crippen LogP contribution in [0, 0.1) is 5.92 Å². The number of hydrogen-bond acceptors (Lipinski definition) is 4. The molecule has 1 aromatic rings. The molecule has 1 fully saturated rings. The standard InChI is InChI=1S/C15H19N5S/c1-17-14-18-15(8-3-2-5-12(15)10-21-14)11-6-4-7-13(9-11)19-20-16/h4,6-7,9,12H,2-3,5,8,10H2,1H3,(H,17,18). The number of aliphatic imine (C=N–C) groups is 1. The highest BCUT2D eigenvalue weighted by Gasteiger charge is 2.44. The molecule has 21 heavy (non-hydrogen) atoms. The molecule has 110 valence electrons. The van der Waals surface area contributed by atoms with E-state index in [0.29, 0.717) is 11.6 Å². The van der Waals surface area contributed by atoms with E-state index in [4.69, 9.17) is 10.5 Å². The number of azide groups is 1. The van der Waals surface area contributed by atoms with Gasteiger partial charge in [-0.25, -0.2) is 0 Å². The van der Waals surface area contributed by atoms with Gasteiger partial charge in [-0.2, -0.15) is 0 Å². The fourth-order valence-corrected chi connectivity index (χ4v) is 4.62. The molecule has 0 radical (unpaired) electrons. The second kappa shape index (κ2) is 6.00. The molecule has 2 aliphatic rings. The molecule has 2 unspecified atom stereocenters. The average molecular weight is 301 g/mol. The minimum Gasteiger partial charge on any atom is -0.368 e. The fraction of sp³-hybridized carbons (Fsp3) is 0.533. The summed E-state index contributed by atoms with van der Waals surface area (Å²) in [4.78, 5) is 7.96. The lowest BCUT2D eigenvalue weighted by molar-refractivity contribution is 0.212. The summed E-state index contributed by atoms with van der Waals surface area (Å²) in [7, 11) is 1.93. The molecule has 0 bridgehead atoms. The van der Waals surface area contributed by atoms with Crippen LogP contribution >= 0.6 is 11.8 Å². The smallest absolute Gasteiger partial charge is 0.157 e. The lowest BCUT2D eigenvalue weighted by atomic mass is 9.70. The second-order valence-corrected chi connectivity index (χ2v) is 6.59. The summed E-state index contributed by atoms with van der Waals surface area (Å²) in [5.41, 5.74) is 10.4. The third-order valence-corrected chi connectivity index (χ3v) is 5.62. The Kier molecular flexibility index (Phi) is 4.08. The van der Waals surface area contributed by atoms with Crippen LogP contribution in [0.25, 0.3) is 10.4 Å². The molecule has 0 amide bonds. The van der Waals surface area contributed by atoms with E-state index in [-0.39, 0.29) is 5.54 Å². The van der Waals surface area contributed by atoms with Gasteiger partial charge in [-0.1, -0.05) is 47.9 Å². The SMILES string of the molecule is CNC1=NC2(c3cccc(N=[N+]=[N-])c3)CCCCC2CS1. The van der Waals surface area contributed by atoms with E-state index in [0.717, 1.165) is 17.3 Å². The number of fused-ring (bicyclic) bond motifs is 1. The Morgan fingerprint density at radius 2 is 2.38 bits per heavy atom. The van der Waals surface area contributed by atoms with Crippen LogP contribution in [0.1, 0.15) is 31.2 Å². The van der Waals surface area contributed by atoms with Crippen molar-refractivity contribution in [2.45, 2.75) is 31.2 Å². The molecule has 1 aromatic carbocycles. The van der Waals surface area contributed by atoms with Gasteiger partial charge in [0.25, 0.3) is 0 Å². The largest absolute Gasteiger partial charge is 0.368 e. The van der Waals surface area contributed by atoms with Crippen molar-refractivity contribution in [2.24, 2.45) is 16.0 Å². The normalized spacial score (nSPS) is 28.0. The molecule has 0 saturated heterocycles. The Morgan fingerprint density at radius 1 is 1.48 bits per heavy atom. The zero-order valence-electron chi connectivity index (χ0n) is 12.1. The summed E-state index contributed by atoms with van der Waals surface area (Å²) >= 11 is 1.81. The number of hydrogen-bond donors (Lipinski definition) is 1. The van der Waals surface area contributed by atoms with Gasteiger partial charge in [0.15, 0.2) is 5.17 Å². The van der Waals surface area contributed by atoms with Crippen LogP contribution in [0.3, 0.4) is 0 Å². The van der Waals surface area contributed by atoms with Crippen molar-refractivity contribution in [2.75, 3.05) is 12.8 Å². The van der Waals surface area contributed by atoms with Gasteiger partial charge in [0.05, 0.1) is 5.54 Å². The van der Waals surface area contributed by atoms with Gasteiger partial charge < -0.3 is 5.32 Å². The van der Waals surface area contributed by atoms with Crippen molar-refractivity contribution >= 4 is 22.6 Å². The van der Waals surface area contributed by atoms with Gasteiger partial charge in [-0.3, -0.25) is 4.99 Å². The number of nitrogens with one attached hydrogen (secondary N) is 1. The van der Waals surface area contributed by atoms with Crippen molar-refractivity contribution < 1.29 is 0 Å². The summed E-state index contributed by atoms with van der Waals surface area (Å²) in [5.74, 6) is 1.67. The Balaban J connectivity index is 2.09. The van der Waals surface area contributed by atoms with Crippen LogP contribution in [0.4, 0.5) is 5.69 Å². The lowest BCUT2D eigenvalue weighted by Crippen LogP contribution is -2.43. The molecular weight excluding hydrogens is 282 g/mol. The van der Waals surface area contributed by atoms with Gasteiger partial charge in [-0.15, -0.1) is 0 Å². The van der Waals surface area contributed by atoms with Crippen molar-refractivity contribution in [1.82, 2.24) is 5.32 Å². The summed E-state index contributed by atoms with van der Waals surface area (Å²) < 4.78 is 0. The first-order valence-corrected chi connectivity index (χ1v) is 8.33. The van der Waals surface area contributed by atoms with Crippen molar-refractivity contribution in [3.63, 3.8) is 0 Å². The van der Waals surface area contributed by atoms with Crippen molar-refractivity contribution in [3.05, 3.63) is 40.3 Å². The highest BCUT2D eigenvalue weighted by molar-refractivity contribution is 8.13. The molecule has 0 spiro atoms. The van der Waals surface area contributed by atoms with Gasteiger partial charge in [-0.05, 0) is 35.9 Å². The molecule has 2 atom stereocenters. The van der Waals surface area contributed by atoms with E-state index in [1.807, 2.05) is 37.0 Å². The monoisotopic (exact) mass is 301 g/mol. The highest BCUT2D eigenvalue weighted by Crippen LogP contribution is 2.49. The molecule has 6 heteroatoms. The van der Waals surface area contributed by atoms with Crippen LogP contribution < -0.4 is 5.32 Å². The first-order chi connectivity index (χ1) is 10.3. The zero-order chi connectivity index (χ0) is 14.7. The van der Waals surface area contributed by atoms with Crippen LogP contribution in [0.5, 0.6) is 0 Å². The van der Waals surface area contributed by atoms with E-state index < -0.39 is 0 Å². The summed E-state index contributed by atoms with van der Waals surface area (Å²) in [6, 6.07) is 7.94. The van der Waals surface area contributed by atoms with Crippen molar-refractivity contribution in [3.8, 4) is 0 Å². The molecular formula is C15H19N5S. The molecule has 1 aliphatic carbocycles. The number of rotatable bonds is 2. The molecule has 5 nitrogen and oxygen atoms in total. The van der Waals surface area contributed by atoms with Crippen LogP contribution in [-0.4, -0.2) is 18.0 Å². The van der Waals surface area contributed by atoms with Gasteiger partial charge >= 0.3 is 0 Å². The molecule has 0 aromatic heterocycles. The van der Waals surface area contributed by atoms with Crippen LogP contribution in [0.15, 0.2) is 34.4 Å². The summed E-state index contributed by atoms with van der Waals surface area (Å²) in [5, 5.41) is 7.97. The molecule has 1 N–H and O–H groups in total. The molecule has 1 aliphatic heterocycles. The topological polar surface area (TPSA) is 73.2 Å². The second-order valence-electron chi connectivity index (χ2n) is 5.58. The first kappa shape index (κ1) is 14.3. The Labute approximate surface area is 128 Å². The summed E-state index contributed by atoms with van der Waals surface area (Å²) in [6.45, 7) is 0. The number of thioether (sulfide) groups is 1. The van der Waals surface area contributed by atoms with E-state index in [1.165, 1.54) is 24.8 Å². The summed E-state index contributed by atoms with van der Waals surface area (Å²) in [6.07, 6.45) is 4.78. The predicted molar refractivity (Wildman–Crippen MR) is 87.8 cm³/mol. The van der Waals surface area contributed by atoms with E-state index >= 15 is 0 Å². The minimum absolute atomic E-state index is 0.150. The maximum atomic E-state index is 8.65. The Hall–Kier alpha value is -1.65. The van der Waals surface area contributed by atoms with Gasteiger partial charge in [0.2, 0.25) is 0 Å². The van der Waals surface area contributed by atoms with E-state index in [2.05, 4.69) is 21.4 Å². The lowest BCUT2D eigenvalue weighted by Gasteiger charge is -2.44. The third kappa shape index (κ3) is 2.61. The maximum absolute atomic E-state index is 8.65. The highest BCUT2D eigenvalue weighted by atomic mass is 32.2. The maximum Gasteiger partial charge on any atom is 0.157 e. The zero-order valence-corrected chi connectivity index (χ0v) is 12.9. The quantitative estimate of drug-likeness (QED) is 0.501. The first-order valence-electron chi connectivity index (χ1n) is 7.34. The van der Waals surface area contributed by atoms with Crippen LogP contribution in [0.2, 0.25) is 0 Å². The molecule has 3 rings (SSSR count). The number of benzene rings is 1. The average Bonchev–Trinajstić information content (AvgIpc) is 2.55. The Bertz CT molecular complexity index is 608. The van der Waals surface area contributed by atoms with E-state index in [9.17, 15) is 0 Å². The minimum atomic E-state index is -0.150. The predicted octanol–water partition coefficient (Wildman–Crippen LogP) is 4.34. The van der Waals surface area contributed by atoms with Crippen LogP contribution in [-0.2, 0) is 5.54 Å². The number of nitrogens with zero attached hydrogens (tertiary/aromatic N) is 4. The van der Waals surface area contributed by atoms with Gasteiger partial charge in [0.1, 0.15) is 0 Å². The van der Waals surface area contributed by atoms with Crippen molar-refractivity contribution in [1.29, 1.82) is 0 Å². The Morgan fingerprint density at radius 3 is 3.19 bits per heavy atom.